The molecule has 2 nitrogen and oxygen atoms in total. The normalized spacial score (nSPS) is 1.00. The van der Waals surface area contributed by atoms with Crippen LogP contribution >= 0.6 is 0 Å². The number of hydrogen-bond donors (Lipinski definition) is 2. The van der Waals surface area contributed by atoms with Crippen molar-refractivity contribution in [1.29, 1.82) is 0 Å². The molecule has 3 heteroatoms. The first kappa shape index (κ1) is 93.0. The Morgan fingerprint density at radius 2 is 0.667 bits per heavy atom. The van der Waals surface area contributed by atoms with Crippen LogP contribution in [0, 0.1) is 22.3 Å². The molecule has 0 saturated carbocycles. The first-order valence-electron chi connectivity index (χ1n) is 0.200. The monoisotopic (exact) mass is 138 g/mol. The number of hydrogen-bond acceptors (Lipinski definition) is 2. The molecule has 0 aromatic carbocycles. The predicted molar refractivity (Wildman–Crippen MR) is 24.5 cm³/mol. The van der Waals surface area contributed by atoms with E-state index in [0.29, 0.717) is 0 Å². The predicted octanol–water partition coefficient (Wildman–Crippen LogP) is 1.37. The third kappa shape index (κ3) is 286. The average molecular weight is 138 g/mol. The van der Waals surface area contributed by atoms with E-state index in [9.17, 15) is 0 Å². The van der Waals surface area contributed by atoms with Crippen LogP contribution in [0.3, 0.4) is 0 Å². The van der Waals surface area contributed by atoms with Gasteiger partial charge in [-0.2, -0.15) is 0 Å². The van der Waals surface area contributed by atoms with Gasteiger partial charge in [-0.15, -0.1) is 0 Å². The summed E-state index contributed by atoms with van der Waals surface area (Å²) in [5.74, 6) is 0. The average Bonchev–Trinajstić information content (AvgIpc) is 1.00. The van der Waals surface area contributed by atoms with Crippen LogP contribution < -0.4 is 0 Å². The molecule has 0 heterocycles. The van der Waals surface area contributed by atoms with Crippen LogP contribution in [0.5, 0.6) is 0 Å². The smallest absolute Gasteiger partial charge is 0.358 e. The fraction of sp³-hybridized carbons (Fsp3) is 0. The van der Waals surface area contributed by atoms with Gasteiger partial charge in [0.25, 0.3) is 0 Å². The molecule has 0 aromatic rings. The summed E-state index contributed by atoms with van der Waals surface area (Å²) in [6, 6.07) is 0. The molecule has 0 rings (SSSR count). The second-order valence-corrected chi connectivity index (χ2v) is 0. The topological polar surface area (TPSA) is 40.5 Å². The van der Waals surface area contributed by atoms with E-state index >= 15 is 0 Å². The second kappa shape index (κ2) is 585. The van der Waals surface area contributed by atoms with E-state index in [1.165, 1.54) is 0 Å². The van der Waals surface area contributed by atoms with Crippen molar-refractivity contribution in [3.05, 3.63) is 22.3 Å². The Morgan fingerprint density at radius 3 is 0.667 bits per heavy atom. The van der Waals surface area contributed by atoms with Crippen molar-refractivity contribution in [2.75, 3.05) is 0 Å². The molecule has 0 amide bonds. The van der Waals surface area contributed by atoms with Crippen LogP contribution in [0.25, 0.3) is 0 Å². The van der Waals surface area contributed by atoms with Gasteiger partial charge in [0.15, 0.2) is 0 Å². The van der Waals surface area contributed by atoms with Gasteiger partial charge < -0.3 is 22.3 Å². The van der Waals surface area contributed by atoms with E-state index in [4.69, 9.17) is 10.5 Å². The molecule has 0 radical (unpaired) electrons. The van der Waals surface area contributed by atoms with Crippen LogP contribution in [-0.2, 0) is 16.8 Å². The number of rotatable bonds is 0. The Bertz CT molecular complexity index is 8.75. The molecular formula is C3H11CoO2. The van der Waals surface area contributed by atoms with Crippen LogP contribution in [0.1, 0.15) is 0 Å². The van der Waals surface area contributed by atoms with E-state index in [1.807, 2.05) is 0 Å². The van der Waals surface area contributed by atoms with Crippen molar-refractivity contribution >= 4 is 0 Å². The van der Waals surface area contributed by atoms with Gasteiger partial charge in [0.1, 0.15) is 0 Å². The van der Waals surface area contributed by atoms with Gasteiger partial charge in [0.05, 0.1) is 0 Å². The summed E-state index contributed by atoms with van der Waals surface area (Å²) in [6.45, 7) is 0. The summed E-state index contributed by atoms with van der Waals surface area (Å²) in [7, 11) is 0. The molecule has 0 aliphatic rings. The van der Waals surface area contributed by atoms with E-state index in [2.05, 4.69) is 0 Å². The van der Waals surface area contributed by atoms with Gasteiger partial charge in [-0.3, -0.25) is 10.5 Å². The van der Waals surface area contributed by atoms with Crippen LogP contribution in [-0.4, -0.2) is 10.5 Å². The van der Waals surface area contributed by atoms with Crippen molar-refractivity contribution in [2.45, 2.75) is 0 Å². The Labute approximate surface area is 50.3 Å². The van der Waals surface area contributed by atoms with Gasteiger partial charge in [-0.25, -0.2) is 0 Å². The zero-order valence-electron chi connectivity index (χ0n) is 4.23. The molecule has 6 heavy (non-hydrogen) atoms. The van der Waals surface area contributed by atoms with Gasteiger partial charge in [0.2, 0.25) is 0 Å². The van der Waals surface area contributed by atoms with E-state index < -0.39 is 0 Å². The molecular weight excluding hydrogens is 127 g/mol. The van der Waals surface area contributed by atoms with Crippen molar-refractivity contribution in [3.63, 3.8) is 0 Å². The van der Waals surface area contributed by atoms with E-state index in [0.717, 1.165) is 0 Å². The molecule has 0 aromatic heterocycles. The zero-order valence-corrected chi connectivity index (χ0v) is 5.27. The maximum absolute atomic E-state index is 6.00. The molecule has 0 aliphatic heterocycles. The minimum atomic E-state index is 0. The first-order chi connectivity index (χ1) is 1.00. The largest absolute Gasteiger partial charge is 3.00 e. The first-order valence-corrected chi connectivity index (χ1v) is 0.200. The van der Waals surface area contributed by atoms with Crippen LogP contribution in [0.15, 0.2) is 0 Å². The maximum atomic E-state index is 6.00. The fourth-order valence-electron chi connectivity index (χ4n) is 0. The summed E-state index contributed by atoms with van der Waals surface area (Å²) >= 11 is 0. The van der Waals surface area contributed by atoms with Gasteiger partial charge in [-0.05, 0) is 0 Å². The molecule has 0 bridgehead atoms. The second-order valence-electron chi connectivity index (χ2n) is 0. The third-order valence-electron chi connectivity index (χ3n) is 0. The van der Waals surface area contributed by atoms with Crippen molar-refractivity contribution in [1.82, 2.24) is 0 Å². The van der Waals surface area contributed by atoms with Crippen LogP contribution in [0.4, 0.5) is 0 Å². The van der Waals surface area contributed by atoms with Gasteiger partial charge >= 0.3 is 16.8 Å². The SMILES string of the molecule is OO.[CH3-].[CH3-].[CH3-].[Co+3]. The molecule has 0 aliphatic carbocycles. The van der Waals surface area contributed by atoms with Crippen molar-refractivity contribution in [2.24, 2.45) is 0 Å². The summed E-state index contributed by atoms with van der Waals surface area (Å²) in [5, 5.41) is 12.0. The quantitative estimate of drug-likeness (QED) is 0.301. The molecule has 0 spiro atoms. The summed E-state index contributed by atoms with van der Waals surface area (Å²) in [4.78, 5) is 0. The summed E-state index contributed by atoms with van der Waals surface area (Å²) in [5.41, 5.74) is 0. The van der Waals surface area contributed by atoms with E-state index in [-0.39, 0.29) is 39.1 Å². The standard InChI is InChI=1S/3CH3.Co.H2O2/c;;;;1-2/h3*1H3;;1-2H/q3*-1;+3;. The van der Waals surface area contributed by atoms with E-state index in [1.54, 1.807) is 0 Å². The third-order valence-corrected chi connectivity index (χ3v) is 0. The van der Waals surface area contributed by atoms with Crippen molar-refractivity contribution in [3.8, 4) is 0 Å². The van der Waals surface area contributed by atoms with Gasteiger partial charge in [-0.1, -0.05) is 0 Å². The fourth-order valence-corrected chi connectivity index (χ4v) is 0. The Morgan fingerprint density at radius 1 is 0.667 bits per heavy atom. The molecule has 0 fully saturated rings. The van der Waals surface area contributed by atoms with Crippen molar-refractivity contribution < 1.29 is 27.3 Å². The van der Waals surface area contributed by atoms with Gasteiger partial charge in [0, 0.05) is 0 Å². The molecule has 0 saturated heterocycles. The minimum Gasteiger partial charge on any atom is -0.358 e. The Hall–Kier alpha value is 0.426. The molecule has 0 atom stereocenters. The Balaban J connectivity index is -0.000000000833. The molecule has 0 unspecified atom stereocenters. The summed E-state index contributed by atoms with van der Waals surface area (Å²) < 4.78 is 0. The Kier molecular flexibility index (Phi) is 9060. The maximum Gasteiger partial charge on any atom is 3.00 e. The minimum absolute atomic E-state index is 0. The van der Waals surface area contributed by atoms with Crippen LogP contribution in [0.2, 0.25) is 0 Å². The summed E-state index contributed by atoms with van der Waals surface area (Å²) in [6.07, 6.45) is 0. The molecule has 44 valence electrons. The zero-order chi connectivity index (χ0) is 2.00. The molecule has 2 N–H and O–H groups in total.